The summed E-state index contributed by atoms with van der Waals surface area (Å²) in [5.74, 6) is -0.410. The summed E-state index contributed by atoms with van der Waals surface area (Å²) < 4.78 is 28.1. The van der Waals surface area contributed by atoms with Gasteiger partial charge in [-0.1, -0.05) is 11.6 Å². The van der Waals surface area contributed by atoms with Gasteiger partial charge in [-0.2, -0.15) is 0 Å². The number of hydrogen-bond donors (Lipinski definition) is 1. The van der Waals surface area contributed by atoms with Crippen LogP contribution in [0, 0.1) is 0 Å². The highest BCUT2D eigenvalue weighted by Crippen LogP contribution is 2.23. The second kappa shape index (κ2) is 6.12. The lowest BCUT2D eigenvalue weighted by molar-refractivity contribution is 0.0272. The summed E-state index contributed by atoms with van der Waals surface area (Å²) in [5.41, 5.74) is -0.328. The minimum atomic E-state index is -3.95. The van der Waals surface area contributed by atoms with Gasteiger partial charge in [0.15, 0.2) is 0 Å². The topological polar surface area (TPSA) is 72.5 Å². The first kappa shape index (κ1) is 16.5. The minimum Gasteiger partial charge on any atom is -0.379 e. The summed E-state index contributed by atoms with van der Waals surface area (Å²) in [5, 5.41) is 2.99. The van der Waals surface area contributed by atoms with Gasteiger partial charge < -0.3 is 10.1 Å². The Balaban J connectivity index is 2.25. The van der Waals surface area contributed by atoms with Crippen molar-refractivity contribution in [3.63, 3.8) is 0 Å². The lowest BCUT2D eigenvalue weighted by atomic mass is 9.94. The van der Waals surface area contributed by atoms with Crippen molar-refractivity contribution >= 4 is 37.2 Å². The van der Waals surface area contributed by atoms with Gasteiger partial charge in [0.05, 0.1) is 17.0 Å². The highest BCUT2D eigenvalue weighted by Gasteiger charge is 2.30. The van der Waals surface area contributed by atoms with E-state index in [1.165, 1.54) is 18.2 Å². The van der Waals surface area contributed by atoms with Crippen LogP contribution in [-0.4, -0.2) is 33.1 Å². The quantitative estimate of drug-likeness (QED) is 0.849. The van der Waals surface area contributed by atoms with Gasteiger partial charge >= 0.3 is 0 Å². The molecule has 0 saturated carbocycles. The van der Waals surface area contributed by atoms with Crippen molar-refractivity contribution in [1.82, 2.24) is 5.32 Å². The fourth-order valence-corrected chi connectivity index (χ4v) is 3.32. The SMILES string of the molecule is CC1(NC(=O)c2cc(Cl)cc(S(=O)(=O)Cl)c2)CCCOC1. The number of nitrogens with one attached hydrogen (secondary N) is 1. The van der Waals surface area contributed by atoms with Crippen molar-refractivity contribution in [2.24, 2.45) is 0 Å². The molecule has 1 fully saturated rings. The van der Waals surface area contributed by atoms with Crippen molar-refractivity contribution in [3.05, 3.63) is 28.8 Å². The standard InChI is InChI=1S/C13H15Cl2NO4S/c1-13(3-2-4-20-8-13)16-12(17)9-5-10(14)7-11(6-9)21(15,18)19/h5-7H,2-4,8H2,1H3,(H,16,17). The first-order valence-corrected chi connectivity index (χ1v) is 9.04. The Kier molecular flexibility index (Phi) is 4.82. The maximum atomic E-state index is 12.3. The summed E-state index contributed by atoms with van der Waals surface area (Å²) in [6.45, 7) is 2.98. The zero-order valence-corrected chi connectivity index (χ0v) is 13.7. The van der Waals surface area contributed by atoms with Crippen LogP contribution >= 0.6 is 22.3 Å². The Morgan fingerprint density at radius 1 is 1.38 bits per heavy atom. The van der Waals surface area contributed by atoms with Crippen LogP contribution < -0.4 is 5.32 Å². The zero-order valence-electron chi connectivity index (χ0n) is 11.4. The summed E-state index contributed by atoms with van der Waals surface area (Å²) in [6.07, 6.45) is 1.65. The number of amides is 1. The number of rotatable bonds is 3. The third kappa shape index (κ3) is 4.32. The molecule has 1 amide bonds. The average molecular weight is 352 g/mol. The van der Waals surface area contributed by atoms with Crippen LogP contribution in [0.4, 0.5) is 0 Å². The van der Waals surface area contributed by atoms with Crippen LogP contribution in [0.3, 0.4) is 0 Å². The number of benzene rings is 1. The number of hydrogen-bond acceptors (Lipinski definition) is 4. The summed E-state index contributed by atoms with van der Waals surface area (Å²) in [7, 11) is 1.34. The fourth-order valence-electron chi connectivity index (χ4n) is 2.21. The third-order valence-electron chi connectivity index (χ3n) is 3.27. The minimum absolute atomic E-state index is 0.131. The molecule has 2 rings (SSSR count). The highest BCUT2D eigenvalue weighted by molar-refractivity contribution is 8.13. The Hall–Kier alpha value is -0.820. The molecule has 0 spiro atoms. The largest absolute Gasteiger partial charge is 0.379 e. The normalized spacial score (nSPS) is 22.8. The number of carbonyl (C=O) groups is 1. The van der Waals surface area contributed by atoms with Crippen molar-refractivity contribution in [1.29, 1.82) is 0 Å². The lowest BCUT2D eigenvalue weighted by Gasteiger charge is -2.34. The Morgan fingerprint density at radius 2 is 2.10 bits per heavy atom. The van der Waals surface area contributed by atoms with Crippen molar-refractivity contribution in [2.75, 3.05) is 13.2 Å². The monoisotopic (exact) mass is 351 g/mol. The molecule has 1 atom stereocenters. The predicted molar refractivity (Wildman–Crippen MR) is 80.4 cm³/mol. The summed E-state index contributed by atoms with van der Waals surface area (Å²) in [4.78, 5) is 12.1. The summed E-state index contributed by atoms with van der Waals surface area (Å²) in [6, 6.07) is 3.80. The first-order valence-electron chi connectivity index (χ1n) is 6.35. The molecular formula is C13H15Cl2NO4S. The molecule has 0 aliphatic carbocycles. The highest BCUT2D eigenvalue weighted by atomic mass is 35.7. The van der Waals surface area contributed by atoms with Gasteiger partial charge in [-0.3, -0.25) is 4.79 Å². The zero-order chi connectivity index (χ0) is 15.7. The molecule has 1 saturated heterocycles. The Labute approximate surface area is 133 Å². The molecule has 1 aromatic carbocycles. The number of ether oxygens (including phenoxy) is 1. The smallest absolute Gasteiger partial charge is 0.261 e. The third-order valence-corrected chi connectivity index (χ3v) is 4.82. The Bertz CT molecular complexity index is 654. The van der Waals surface area contributed by atoms with Crippen molar-refractivity contribution in [2.45, 2.75) is 30.2 Å². The molecule has 21 heavy (non-hydrogen) atoms. The van der Waals surface area contributed by atoms with E-state index in [1.807, 2.05) is 6.92 Å². The molecule has 1 aromatic rings. The number of carbonyl (C=O) groups excluding carboxylic acids is 1. The fraction of sp³-hybridized carbons (Fsp3) is 0.462. The molecule has 0 radical (unpaired) electrons. The average Bonchev–Trinajstić information content (AvgIpc) is 2.37. The molecule has 1 heterocycles. The molecular weight excluding hydrogens is 337 g/mol. The summed E-state index contributed by atoms with van der Waals surface area (Å²) >= 11 is 5.85. The van der Waals surface area contributed by atoms with Gasteiger partial charge in [-0.05, 0) is 38.0 Å². The molecule has 1 aliphatic rings. The molecule has 0 bridgehead atoms. The lowest BCUT2D eigenvalue weighted by Crippen LogP contribution is -2.51. The second-order valence-corrected chi connectivity index (χ2v) is 8.29. The number of halogens is 2. The van der Waals surface area contributed by atoms with Crippen LogP contribution in [0.2, 0.25) is 5.02 Å². The van der Waals surface area contributed by atoms with Crippen LogP contribution in [0.5, 0.6) is 0 Å². The molecule has 116 valence electrons. The molecule has 1 aliphatic heterocycles. The molecule has 1 unspecified atom stereocenters. The van der Waals surface area contributed by atoms with Crippen LogP contribution in [-0.2, 0) is 13.8 Å². The van der Waals surface area contributed by atoms with Gasteiger partial charge in [-0.25, -0.2) is 8.42 Å². The van der Waals surface area contributed by atoms with E-state index < -0.39 is 20.5 Å². The van der Waals surface area contributed by atoms with Gasteiger partial charge in [0.25, 0.3) is 15.0 Å². The van der Waals surface area contributed by atoms with Gasteiger partial charge in [0.1, 0.15) is 0 Å². The van der Waals surface area contributed by atoms with E-state index in [-0.39, 0.29) is 15.5 Å². The predicted octanol–water partition coefficient (Wildman–Crippen LogP) is 2.57. The molecule has 0 aromatic heterocycles. The van der Waals surface area contributed by atoms with Crippen molar-refractivity contribution < 1.29 is 17.9 Å². The van der Waals surface area contributed by atoms with Crippen LogP contribution in [0.25, 0.3) is 0 Å². The maximum absolute atomic E-state index is 12.3. The molecule has 5 nitrogen and oxygen atoms in total. The van der Waals surface area contributed by atoms with E-state index >= 15 is 0 Å². The second-order valence-electron chi connectivity index (χ2n) is 5.28. The molecule has 8 heteroatoms. The Morgan fingerprint density at radius 3 is 2.67 bits per heavy atom. The van der Waals surface area contributed by atoms with E-state index in [0.29, 0.717) is 13.2 Å². The van der Waals surface area contributed by atoms with E-state index in [1.54, 1.807) is 0 Å². The molecule has 1 N–H and O–H groups in total. The van der Waals surface area contributed by atoms with E-state index in [9.17, 15) is 13.2 Å². The first-order chi connectivity index (χ1) is 9.70. The van der Waals surface area contributed by atoms with Crippen LogP contribution in [0.1, 0.15) is 30.1 Å². The van der Waals surface area contributed by atoms with Crippen LogP contribution in [0.15, 0.2) is 23.1 Å². The maximum Gasteiger partial charge on any atom is 0.261 e. The van der Waals surface area contributed by atoms with Crippen molar-refractivity contribution in [3.8, 4) is 0 Å². The van der Waals surface area contributed by atoms with Gasteiger partial charge in [-0.15, -0.1) is 0 Å². The van der Waals surface area contributed by atoms with E-state index in [0.717, 1.165) is 12.8 Å². The van der Waals surface area contributed by atoms with E-state index in [4.69, 9.17) is 27.0 Å². The van der Waals surface area contributed by atoms with Gasteiger partial charge in [0.2, 0.25) is 0 Å². The van der Waals surface area contributed by atoms with E-state index in [2.05, 4.69) is 5.32 Å². The van der Waals surface area contributed by atoms with Gasteiger partial charge in [0, 0.05) is 27.9 Å².